The molecular weight excluding hydrogens is 294 g/mol. The van der Waals surface area contributed by atoms with Gasteiger partial charge in [0.25, 0.3) is 0 Å². The third-order valence-corrected chi connectivity index (χ3v) is 4.37. The third-order valence-electron chi connectivity index (χ3n) is 4.37. The van der Waals surface area contributed by atoms with E-state index in [1.54, 1.807) is 5.01 Å². The Morgan fingerprint density at radius 3 is 2.32 bits per heavy atom. The highest BCUT2D eigenvalue weighted by atomic mass is 16.5. The molecule has 3 aliphatic heterocycles. The summed E-state index contributed by atoms with van der Waals surface area (Å²) >= 11 is 0. The van der Waals surface area contributed by atoms with E-state index in [4.69, 9.17) is 9.47 Å². The Balaban J connectivity index is 1.56. The number of carboxylic acids is 1. The SMILES string of the molecule is O=C(NC(=O)C1C(C(=O)O)[C@@H]2CC[C@H]1O2)NN1CCOCC1. The molecule has 0 aromatic carbocycles. The maximum Gasteiger partial charge on any atom is 0.335 e. The molecule has 3 heterocycles. The molecule has 122 valence electrons. The summed E-state index contributed by atoms with van der Waals surface area (Å²) < 4.78 is 10.7. The predicted molar refractivity (Wildman–Crippen MR) is 71.6 cm³/mol. The van der Waals surface area contributed by atoms with Crippen molar-refractivity contribution in [2.75, 3.05) is 26.3 Å². The van der Waals surface area contributed by atoms with Gasteiger partial charge in [-0.15, -0.1) is 0 Å². The van der Waals surface area contributed by atoms with Crippen LogP contribution in [0.1, 0.15) is 12.8 Å². The second-order valence-corrected chi connectivity index (χ2v) is 5.71. The normalized spacial score (nSPS) is 34.4. The lowest BCUT2D eigenvalue weighted by atomic mass is 9.79. The molecule has 3 fully saturated rings. The van der Waals surface area contributed by atoms with Crippen LogP contribution in [0.25, 0.3) is 0 Å². The van der Waals surface area contributed by atoms with Crippen LogP contribution < -0.4 is 10.7 Å². The Kier molecular flexibility index (Phi) is 4.27. The Bertz CT molecular complexity index is 478. The van der Waals surface area contributed by atoms with Gasteiger partial charge >= 0.3 is 12.0 Å². The Morgan fingerprint density at radius 2 is 1.68 bits per heavy atom. The predicted octanol–water partition coefficient (Wildman–Crippen LogP) is -1.06. The number of carboxylic acid groups (broad SMARTS) is 1. The number of nitrogens with zero attached hydrogens (tertiary/aromatic N) is 1. The van der Waals surface area contributed by atoms with E-state index in [0.717, 1.165) is 0 Å². The molecule has 0 aliphatic carbocycles. The number of nitrogens with one attached hydrogen (secondary N) is 2. The molecule has 0 radical (unpaired) electrons. The van der Waals surface area contributed by atoms with Gasteiger partial charge in [0.2, 0.25) is 5.91 Å². The van der Waals surface area contributed by atoms with Gasteiger partial charge in [-0.05, 0) is 12.8 Å². The first-order chi connectivity index (χ1) is 10.6. The van der Waals surface area contributed by atoms with Gasteiger partial charge < -0.3 is 14.6 Å². The lowest BCUT2D eigenvalue weighted by Gasteiger charge is -2.28. The van der Waals surface area contributed by atoms with Gasteiger partial charge in [-0.1, -0.05) is 0 Å². The summed E-state index contributed by atoms with van der Waals surface area (Å²) in [5, 5.41) is 13.1. The van der Waals surface area contributed by atoms with Crippen LogP contribution in [0, 0.1) is 11.8 Å². The van der Waals surface area contributed by atoms with Crippen molar-refractivity contribution >= 4 is 17.9 Å². The molecular formula is C13H19N3O6. The van der Waals surface area contributed by atoms with Crippen molar-refractivity contribution in [2.24, 2.45) is 11.8 Å². The summed E-state index contributed by atoms with van der Waals surface area (Å²) in [5.74, 6) is -3.34. The minimum absolute atomic E-state index is 0.415. The van der Waals surface area contributed by atoms with E-state index < -0.39 is 42.0 Å². The molecule has 3 amide bonds. The highest BCUT2D eigenvalue weighted by molar-refractivity contribution is 5.97. The first-order valence-electron chi connectivity index (χ1n) is 7.38. The monoisotopic (exact) mass is 313 g/mol. The highest BCUT2D eigenvalue weighted by Gasteiger charge is 2.55. The fourth-order valence-corrected chi connectivity index (χ4v) is 3.37. The molecule has 0 aromatic rings. The summed E-state index contributed by atoms with van der Waals surface area (Å²) in [7, 11) is 0. The van der Waals surface area contributed by atoms with Crippen molar-refractivity contribution in [1.29, 1.82) is 0 Å². The number of hydrogen-bond acceptors (Lipinski definition) is 6. The fourth-order valence-electron chi connectivity index (χ4n) is 3.37. The Labute approximate surface area is 126 Å². The van der Waals surface area contributed by atoms with Gasteiger partial charge in [0, 0.05) is 13.1 Å². The smallest absolute Gasteiger partial charge is 0.335 e. The van der Waals surface area contributed by atoms with Crippen LogP contribution in [0.4, 0.5) is 4.79 Å². The first kappa shape index (κ1) is 15.2. The number of amides is 3. The first-order valence-corrected chi connectivity index (χ1v) is 7.38. The zero-order valence-electron chi connectivity index (χ0n) is 12.0. The van der Waals surface area contributed by atoms with Crippen molar-refractivity contribution < 1.29 is 29.0 Å². The van der Waals surface area contributed by atoms with Gasteiger partial charge in [0.1, 0.15) is 0 Å². The third kappa shape index (κ3) is 2.92. The summed E-state index contributed by atoms with van der Waals surface area (Å²) in [6, 6.07) is -0.654. The number of aliphatic carboxylic acids is 1. The minimum atomic E-state index is -1.05. The molecule has 0 aromatic heterocycles. The number of urea groups is 1. The van der Waals surface area contributed by atoms with Crippen LogP contribution in [-0.4, -0.2) is 66.5 Å². The minimum Gasteiger partial charge on any atom is -0.481 e. The second-order valence-electron chi connectivity index (χ2n) is 5.71. The molecule has 4 atom stereocenters. The molecule has 22 heavy (non-hydrogen) atoms. The molecule has 3 aliphatic rings. The summed E-state index contributed by atoms with van der Waals surface area (Å²) in [6.45, 7) is 2.10. The van der Waals surface area contributed by atoms with Gasteiger partial charge in [0.15, 0.2) is 0 Å². The maximum absolute atomic E-state index is 12.2. The number of morpholine rings is 1. The lowest BCUT2D eigenvalue weighted by molar-refractivity contribution is -0.147. The molecule has 0 spiro atoms. The standard InChI is InChI=1S/C13H19N3O6/c17-11(14-13(20)15-16-3-5-21-6-4-16)9-7-1-2-8(22-7)10(9)12(18)19/h7-10H,1-6H2,(H,18,19)(H2,14,15,17,20)/t7-,8+,9?,10?/m1/s1. The second kappa shape index (κ2) is 6.19. The molecule has 3 N–H and O–H groups in total. The largest absolute Gasteiger partial charge is 0.481 e. The van der Waals surface area contributed by atoms with Gasteiger partial charge in [0.05, 0.1) is 37.3 Å². The number of hydrazine groups is 1. The van der Waals surface area contributed by atoms with Gasteiger partial charge in [-0.3, -0.25) is 20.3 Å². The molecule has 9 heteroatoms. The van der Waals surface area contributed by atoms with Gasteiger partial charge in [-0.2, -0.15) is 0 Å². The van der Waals surface area contributed by atoms with Crippen LogP contribution >= 0.6 is 0 Å². The van der Waals surface area contributed by atoms with Crippen LogP contribution in [0.15, 0.2) is 0 Å². The van der Waals surface area contributed by atoms with E-state index in [-0.39, 0.29) is 0 Å². The van der Waals surface area contributed by atoms with Crippen molar-refractivity contribution in [3.8, 4) is 0 Å². The van der Waals surface area contributed by atoms with Crippen LogP contribution in [0.5, 0.6) is 0 Å². The maximum atomic E-state index is 12.2. The van der Waals surface area contributed by atoms with E-state index in [2.05, 4.69) is 10.7 Å². The average molecular weight is 313 g/mol. The Morgan fingerprint density at radius 1 is 1.05 bits per heavy atom. The number of hydrogen-bond donors (Lipinski definition) is 3. The number of imide groups is 1. The Hall–Kier alpha value is -1.71. The highest BCUT2D eigenvalue weighted by Crippen LogP contribution is 2.43. The molecule has 2 unspecified atom stereocenters. The van der Waals surface area contributed by atoms with Crippen LogP contribution in [0.3, 0.4) is 0 Å². The van der Waals surface area contributed by atoms with Gasteiger partial charge in [-0.25, -0.2) is 9.80 Å². The van der Waals surface area contributed by atoms with Crippen molar-refractivity contribution in [3.05, 3.63) is 0 Å². The van der Waals surface area contributed by atoms with E-state index in [1.165, 1.54) is 0 Å². The van der Waals surface area contributed by atoms with Crippen LogP contribution in [0.2, 0.25) is 0 Å². The number of carbonyl (C=O) groups excluding carboxylic acids is 2. The number of fused-ring (bicyclic) bond motifs is 2. The summed E-state index contributed by atoms with van der Waals surface area (Å²) in [4.78, 5) is 35.4. The number of ether oxygens (including phenoxy) is 2. The molecule has 2 bridgehead atoms. The molecule has 0 saturated carbocycles. The fraction of sp³-hybridized carbons (Fsp3) is 0.769. The van der Waals surface area contributed by atoms with E-state index in [1.807, 2.05) is 0 Å². The zero-order valence-corrected chi connectivity index (χ0v) is 12.0. The quantitative estimate of drug-likeness (QED) is 0.608. The number of carbonyl (C=O) groups is 3. The lowest BCUT2D eigenvalue weighted by Crippen LogP contribution is -2.55. The topological polar surface area (TPSA) is 117 Å². The number of rotatable bonds is 3. The van der Waals surface area contributed by atoms with Crippen molar-refractivity contribution in [2.45, 2.75) is 25.0 Å². The van der Waals surface area contributed by atoms with E-state index in [9.17, 15) is 19.5 Å². The molecule has 3 rings (SSSR count). The summed E-state index contributed by atoms with van der Waals surface area (Å²) in [6.07, 6.45) is 0.450. The zero-order chi connectivity index (χ0) is 15.7. The summed E-state index contributed by atoms with van der Waals surface area (Å²) in [5.41, 5.74) is 2.56. The van der Waals surface area contributed by atoms with E-state index in [0.29, 0.717) is 39.1 Å². The molecule has 3 saturated heterocycles. The average Bonchev–Trinajstić information content (AvgIpc) is 3.08. The van der Waals surface area contributed by atoms with Crippen LogP contribution in [-0.2, 0) is 19.1 Å². The van der Waals surface area contributed by atoms with Crippen molar-refractivity contribution in [1.82, 2.24) is 15.8 Å². The van der Waals surface area contributed by atoms with E-state index >= 15 is 0 Å². The van der Waals surface area contributed by atoms with Crippen molar-refractivity contribution in [3.63, 3.8) is 0 Å². The molecule has 9 nitrogen and oxygen atoms in total.